The van der Waals surface area contributed by atoms with E-state index in [1.165, 1.54) is 13.8 Å². The first-order valence-electron chi connectivity index (χ1n) is 5.38. The highest BCUT2D eigenvalue weighted by atomic mass is 16.4. The van der Waals surface area contributed by atoms with Crippen molar-refractivity contribution in [2.45, 2.75) is 32.9 Å². The number of carbonyl (C=O) groups is 2. The number of urea groups is 1. The molecule has 0 radical (unpaired) electrons. The van der Waals surface area contributed by atoms with E-state index in [2.05, 4.69) is 20.6 Å². The first-order valence-corrected chi connectivity index (χ1v) is 5.38. The number of hydrogen-bond acceptors (Lipinski definition) is 4. The Kier molecular flexibility index (Phi) is 4.19. The number of aromatic nitrogens is 2. The van der Waals surface area contributed by atoms with Gasteiger partial charge in [-0.25, -0.2) is 9.59 Å². The molecule has 0 aliphatic heterocycles. The van der Waals surface area contributed by atoms with E-state index in [9.17, 15) is 9.59 Å². The van der Waals surface area contributed by atoms with Crippen molar-refractivity contribution in [3.8, 4) is 0 Å². The SMILES string of the molecule is Cc1cnc(CNC(=O)NC(C)(C)C(=O)O)cn1. The Morgan fingerprint density at radius 2 is 2.00 bits per heavy atom. The highest BCUT2D eigenvalue weighted by Gasteiger charge is 2.28. The van der Waals surface area contributed by atoms with E-state index in [-0.39, 0.29) is 6.54 Å². The lowest BCUT2D eigenvalue weighted by Crippen LogP contribution is -2.53. The highest BCUT2D eigenvalue weighted by Crippen LogP contribution is 2.01. The molecule has 1 rings (SSSR count). The third kappa shape index (κ3) is 4.00. The average molecular weight is 252 g/mol. The van der Waals surface area contributed by atoms with Crippen LogP contribution in [-0.4, -0.2) is 32.6 Å². The zero-order valence-electron chi connectivity index (χ0n) is 10.5. The predicted molar refractivity (Wildman–Crippen MR) is 63.9 cm³/mol. The highest BCUT2D eigenvalue weighted by molar-refractivity contribution is 5.85. The van der Waals surface area contributed by atoms with Gasteiger partial charge in [-0.1, -0.05) is 0 Å². The van der Waals surface area contributed by atoms with Crippen LogP contribution in [0.3, 0.4) is 0 Å². The molecule has 1 aromatic rings. The lowest BCUT2D eigenvalue weighted by molar-refractivity contribution is -0.142. The third-order valence-corrected chi connectivity index (χ3v) is 2.23. The molecule has 0 aliphatic carbocycles. The molecule has 0 unspecified atom stereocenters. The molecule has 2 amide bonds. The van der Waals surface area contributed by atoms with Crippen LogP contribution in [0.25, 0.3) is 0 Å². The van der Waals surface area contributed by atoms with Crippen molar-refractivity contribution in [3.05, 3.63) is 23.8 Å². The Hall–Kier alpha value is -2.18. The standard InChI is InChI=1S/C11H16N4O3/c1-7-4-13-8(5-12-7)6-14-10(18)15-11(2,3)9(16)17/h4-5H,6H2,1-3H3,(H,16,17)(H2,14,15,18). The second-order valence-corrected chi connectivity index (χ2v) is 4.39. The third-order valence-electron chi connectivity index (χ3n) is 2.23. The Morgan fingerprint density at radius 3 is 2.50 bits per heavy atom. The summed E-state index contributed by atoms with van der Waals surface area (Å²) in [5, 5.41) is 13.7. The van der Waals surface area contributed by atoms with Crippen LogP contribution in [0, 0.1) is 6.92 Å². The van der Waals surface area contributed by atoms with Gasteiger partial charge in [0.1, 0.15) is 5.54 Å². The monoisotopic (exact) mass is 252 g/mol. The van der Waals surface area contributed by atoms with Crippen molar-refractivity contribution in [1.29, 1.82) is 0 Å². The maximum absolute atomic E-state index is 11.5. The van der Waals surface area contributed by atoms with Crippen LogP contribution in [0.1, 0.15) is 25.2 Å². The summed E-state index contributed by atoms with van der Waals surface area (Å²) in [6, 6.07) is -0.565. The fraction of sp³-hybridized carbons (Fsp3) is 0.455. The molecular formula is C11H16N4O3. The largest absolute Gasteiger partial charge is 0.480 e. The van der Waals surface area contributed by atoms with Gasteiger partial charge in [-0.2, -0.15) is 0 Å². The van der Waals surface area contributed by atoms with Crippen molar-refractivity contribution >= 4 is 12.0 Å². The number of rotatable bonds is 4. The number of nitrogens with one attached hydrogen (secondary N) is 2. The minimum absolute atomic E-state index is 0.189. The normalized spacial score (nSPS) is 10.8. The van der Waals surface area contributed by atoms with Gasteiger partial charge in [-0.3, -0.25) is 9.97 Å². The van der Waals surface area contributed by atoms with Gasteiger partial charge in [0, 0.05) is 6.20 Å². The Morgan fingerprint density at radius 1 is 1.33 bits per heavy atom. The molecule has 1 aromatic heterocycles. The summed E-state index contributed by atoms with van der Waals surface area (Å²) >= 11 is 0. The smallest absolute Gasteiger partial charge is 0.328 e. The van der Waals surface area contributed by atoms with Gasteiger partial charge in [-0.15, -0.1) is 0 Å². The number of aryl methyl sites for hydroxylation is 1. The van der Waals surface area contributed by atoms with E-state index in [1.807, 2.05) is 6.92 Å². The van der Waals surface area contributed by atoms with Gasteiger partial charge in [0.15, 0.2) is 0 Å². The number of carboxylic acid groups (broad SMARTS) is 1. The molecule has 0 spiro atoms. The summed E-state index contributed by atoms with van der Waals surface area (Å²) < 4.78 is 0. The molecule has 0 aromatic carbocycles. The van der Waals surface area contributed by atoms with E-state index < -0.39 is 17.5 Å². The Bertz CT molecular complexity index is 442. The van der Waals surface area contributed by atoms with E-state index >= 15 is 0 Å². The number of carbonyl (C=O) groups excluding carboxylic acids is 1. The van der Waals surface area contributed by atoms with Gasteiger partial charge in [0.05, 0.1) is 24.1 Å². The van der Waals surface area contributed by atoms with E-state index in [1.54, 1.807) is 12.4 Å². The fourth-order valence-corrected chi connectivity index (χ4v) is 1.06. The van der Waals surface area contributed by atoms with Crippen LogP contribution in [0.4, 0.5) is 4.79 Å². The van der Waals surface area contributed by atoms with Crippen LogP contribution in [0.15, 0.2) is 12.4 Å². The maximum Gasteiger partial charge on any atom is 0.328 e. The van der Waals surface area contributed by atoms with E-state index in [0.29, 0.717) is 5.69 Å². The first kappa shape index (κ1) is 13.9. The molecule has 1 heterocycles. The molecule has 0 fully saturated rings. The predicted octanol–water partition coefficient (Wildman–Crippen LogP) is 0.447. The molecule has 7 heteroatoms. The van der Waals surface area contributed by atoms with Gasteiger partial charge < -0.3 is 15.7 Å². The van der Waals surface area contributed by atoms with E-state index in [0.717, 1.165) is 5.69 Å². The topological polar surface area (TPSA) is 104 Å². The van der Waals surface area contributed by atoms with Crippen LogP contribution < -0.4 is 10.6 Å². The molecule has 0 bridgehead atoms. The Balaban J connectivity index is 2.47. The molecule has 7 nitrogen and oxygen atoms in total. The summed E-state index contributed by atoms with van der Waals surface area (Å²) in [5.41, 5.74) is 0.0716. The van der Waals surface area contributed by atoms with Crippen LogP contribution in [0.2, 0.25) is 0 Å². The average Bonchev–Trinajstić information content (AvgIpc) is 2.27. The summed E-state index contributed by atoms with van der Waals surface area (Å²) in [6.45, 7) is 4.81. The van der Waals surface area contributed by atoms with Crippen LogP contribution >= 0.6 is 0 Å². The Labute approximate surface area is 105 Å². The number of amides is 2. The number of hydrogen-bond donors (Lipinski definition) is 3. The van der Waals surface area contributed by atoms with Gasteiger partial charge >= 0.3 is 12.0 Å². The minimum Gasteiger partial charge on any atom is -0.480 e. The van der Waals surface area contributed by atoms with Crippen LogP contribution in [-0.2, 0) is 11.3 Å². The van der Waals surface area contributed by atoms with Crippen molar-refractivity contribution in [1.82, 2.24) is 20.6 Å². The summed E-state index contributed by atoms with van der Waals surface area (Å²) in [7, 11) is 0. The maximum atomic E-state index is 11.5. The molecule has 3 N–H and O–H groups in total. The molecule has 0 atom stereocenters. The minimum atomic E-state index is -1.32. The summed E-state index contributed by atoms with van der Waals surface area (Å²) in [6.07, 6.45) is 3.15. The van der Waals surface area contributed by atoms with Crippen molar-refractivity contribution < 1.29 is 14.7 Å². The quantitative estimate of drug-likeness (QED) is 0.721. The molecule has 0 saturated carbocycles. The number of nitrogens with zero attached hydrogens (tertiary/aromatic N) is 2. The molecular weight excluding hydrogens is 236 g/mol. The first-order chi connectivity index (χ1) is 8.31. The zero-order valence-corrected chi connectivity index (χ0v) is 10.5. The molecule has 18 heavy (non-hydrogen) atoms. The second kappa shape index (κ2) is 5.44. The van der Waals surface area contributed by atoms with Crippen molar-refractivity contribution in [3.63, 3.8) is 0 Å². The number of aliphatic carboxylic acids is 1. The number of carboxylic acids is 1. The molecule has 0 aliphatic rings. The lowest BCUT2D eigenvalue weighted by atomic mass is 10.1. The summed E-state index contributed by atoms with van der Waals surface area (Å²) in [4.78, 5) is 30.4. The van der Waals surface area contributed by atoms with Gasteiger partial charge in [-0.05, 0) is 20.8 Å². The summed E-state index contributed by atoms with van der Waals surface area (Å²) in [5.74, 6) is -1.10. The van der Waals surface area contributed by atoms with Crippen molar-refractivity contribution in [2.24, 2.45) is 0 Å². The molecule has 0 saturated heterocycles. The lowest BCUT2D eigenvalue weighted by Gasteiger charge is -2.21. The van der Waals surface area contributed by atoms with E-state index in [4.69, 9.17) is 5.11 Å². The van der Waals surface area contributed by atoms with Gasteiger partial charge in [0.2, 0.25) is 0 Å². The second-order valence-electron chi connectivity index (χ2n) is 4.39. The molecule has 98 valence electrons. The van der Waals surface area contributed by atoms with Crippen molar-refractivity contribution in [2.75, 3.05) is 0 Å². The fourth-order valence-electron chi connectivity index (χ4n) is 1.06. The zero-order chi connectivity index (χ0) is 13.8. The van der Waals surface area contributed by atoms with Gasteiger partial charge in [0.25, 0.3) is 0 Å². The van der Waals surface area contributed by atoms with Crippen LogP contribution in [0.5, 0.6) is 0 Å².